The molecule has 1 aromatic carbocycles. The molecule has 0 bridgehead atoms. The maximum Gasteiger partial charge on any atom is 0.321 e. The summed E-state index contributed by atoms with van der Waals surface area (Å²) in [7, 11) is 0. The fourth-order valence-electron chi connectivity index (χ4n) is 2.22. The summed E-state index contributed by atoms with van der Waals surface area (Å²) >= 11 is 0. The number of aryl methyl sites for hydroxylation is 1. The van der Waals surface area contributed by atoms with E-state index in [2.05, 4.69) is 12.2 Å². The summed E-state index contributed by atoms with van der Waals surface area (Å²) in [6.45, 7) is 2.84. The van der Waals surface area contributed by atoms with Crippen LogP contribution in [0.3, 0.4) is 0 Å². The van der Waals surface area contributed by atoms with Crippen molar-refractivity contribution < 1.29 is 14.7 Å². The first-order valence-electron chi connectivity index (χ1n) is 6.48. The van der Waals surface area contributed by atoms with E-state index in [1.807, 2.05) is 24.3 Å². The van der Waals surface area contributed by atoms with Crippen molar-refractivity contribution in [3.05, 3.63) is 29.8 Å². The molecular formula is C14H18N2O3. The maximum absolute atomic E-state index is 12.0. The van der Waals surface area contributed by atoms with Crippen LogP contribution in [0.4, 0.5) is 10.5 Å². The molecule has 1 unspecified atom stereocenters. The molecule has 1 fully saturated rings. The van der Waals surface area contributed by atoms with Crippen LogP contribution in [0.25, 0.3) is 0 Å². The third-order valence-corrected chi connectivity index (χ3v) is 3.41. The van der Waals surface area contributed by atoms with Crippen LogP contribution in [-0.2, 0) is 11.2 Å². The number of benzene rings is 1. The smallest absolute Gasteiger partial charge is 0.321 e. The van der Waals surface area contributed by atoms with Gasteiger partial charge in [0.1, 0.15) is 0 Å². The van der Waals surface area contributed by atoms with E-state index in [4.69, 9.17) is 5.11 Å². The van der Waals surface area contributed by atoms with E-state index in [0.29, 0.717) is 13.0 Å². The molecule has 5 heteroatoms. The molecule has 2 amide bonds. The van der Waals surface area contributed by atoms with Crippen LogP contribution in [0.15, 0.2) is 24.3 Å². The lowest BCUT2D eigenvalue weighted by atomic mass is 10.1. The van der Waals surface area contributed by atoms with Gasteiger partial charge in [0.25, 0.3) is 0 Å². The number of nitrogens with one attached hydrogen (secondary N) is 1. The number of nitrogens with zero attached hydrogens (tertiary/aromatic N) is 1. The Balaban J connectivity index is 1.96. The Morgan fingerprint density at radius 3 is 2.89 bits per heavy atom. The molecule has 102 valence electrons. The quantitative estimate of drug-likeness (QED) is 0.877. The van der Waals surface area contributed by atoms with Crippen LogP contribution in [0.5, 0.6) is 0 Å². The van der Waals surface area contributed by atoms with Gasteiger partial charge in [0.15, 0.2) is 0 Å². The number of carbonyl (C=O) groups is 2. The molecule has 19 heavy (non-hydrogen) atoms. The lowest BCUT2D eigenvalue weighted by Crippen LogP contribution is -2.33. The molecule has 5 nitrogen and oxygen atoms in total. The highest BCUT2D eigenvalue weighted by molar-refractivity contribution is 5.90. The van der Waals surface area contributed by atoms with Crippen molar-refractivity contribution in [2.75, 3.05) is 18.4 Å². The van der Waals surface area contributed by atoms with E-state index in [9.17, 15) is 9.59 Å². The minimum Gasteiger partial charge on any atom is -0.481 e. The zero-order valence-corrected chi connectivity index (χ0v) is 10.9. The van der Waals surface area contributed by atoms with Crippen molar-refractivity contribution >= 4 is 17.7 Å². The van der Waals surface area contributed by atoms with Gasteiger partial charge in [0, 0.05) is 18.8 Å². The Kier molecular flexibility index (Phi) is 4.04. The number of carboxylic acids is 1. The molecule has 2 rings (SSSR count). The summed E-state index contributed by atoms with van der Waals surface area (Å²) in [6.07, 6.45) is 1.44. The van der Waals surface area contributed by atoms with Gasteiger partial charge in [-0.15, -0.1) is 0 Å². The van der Waals surface area contributed by atoms with Gasteiger partial charge in [-0.2, -0.15) is 0 Å². The minimum atomic E-state index is -0.830. The molecule has 0 aliphatic carbocycles. The molecule has 0 spiro atoms. The zero-order chi connectivity index (χ0) is 13.8. The summed E-state index contributed by atoms with van der Waals surface area (Å²) in [5, 5.41) is 11.7. The van der Waals surface area contributed by atoms with Crippen LogP contribution < -0.4 is 5.32 Å². The predicted molar refractivity (Wildman–Crippen MR) is 72.2 cm³/mol. The standard InChI is InChI=1S/C14H18N2O3/c1-2-10-4-3-5-12(8-10)15-14(19)16-7-6-11(9-16)13(17)18/h3-5,8,11H,2,6-7,9H2,1H3,(H,15,19)(H,17,18). The molecule has 1 heterocycles. The Morgan fingerprint density at radius 1 is 1.47 bits per heavy atom. The Labute approximate surface area is 112 Å². The molecule has 1 atom stereocenters. The highest BCUT2D eigenvalue weighted by Crippen LogP contribution is 2.18. The number of anilines is 1. The number of likely N-dealkylation sites (tertiary alicyclic amines) is 1. The molecule has 0 saturated carbocycles. The third kappa shape index (κ3) is 3.24. The zero-order valence-electron chi connectivity index (χ0n) is 10.9. The maximum atomic E-state index is 12.0. The molecule has 1 aliphatic rings. The number of carbonyl (C=O) groups excluding carboxylic acids is 1. The Bertz CT molecular complexity index is 487. The van der Waals surface area contributed by atoms with Gasteiger partial charge in [0.05, 0.1) is 5.92 Å². The van der Waals surface area contributed by atoms with E-state index < -0.39 is 11.9 Å². The normalized spacial score (nSPS) is 18.4. The predicted octanol–water partition coefficient (Wildman–Crippen LogP) is 2.19. The molecule has 0 aromatic heterocycles. The topological polar surface area (TPSA) is 69.6 Å². The van der Waals surface area contributed by atoms with Crippen molar-refractivity contribution in [2.24, 2.45) is 5.92 Å². The first kappa shape index (κ1) is 13.4. The van der Waals surface area contributed by atoms with Crippen LogP contribution >= 0.6 is 0 Å². The Hall–Kier alpha value is -2.04. The average molecular weight is 262 g/mol. The van der Waals surface area contributed by atoms with Gasteiger partial charge in [-0.1, -0.05) is 19.1 Å². The van der Waals surface area contributed by atoms with Gasteiger partial charge in [0.2, 0.25) is 0 Å². The van der Waals surface area contributed by atoms with Gasteiger partial charge in [-0.25, -0.2) is 4.79 Å². The first-order chi connectivity index (χ1) is 9.10. The van der Waals surface area contributed by atoms with E-state index in [1.165, 1.54) is 0 Å². The van der Waals surface area contributed by atoms with Crippen LogP contribution in [-0.4, -0.2) is 35.1 Å². The fraction of sp³-hybridized carbons (Fsp3) is 0.429. The van der Waals surface area contributed by atoms with Gasteiger partial charge in [-0.05, 0) is 30.5 Å². The van der Waals surface area contributed by atoms with Crippen molar-refractivity contribution in [1.29, 1.82) is 0 Å². The lowest BCUT2D eigenvalue weighted by Gasteiger charge is -2.17. The molecular weight excluding hydrogens is 244 g/mol. The summed E-state index contributed by atoms with van der Waals surface area (Å²) in [6, 6.07) is 7.45. The second-order valence-electron chi connectivity index (χ2n) is 4.75. The number of urea groups is 1. The summed E-state index contributed by atoms with van der Waals surface area (Å²) in [5.41, 5.74) is 1.91. The molecule has 1 aliphatic heterocycles. The largest absolute Gasteiger partial charge is 0.481 e. The number of amides is 2. The minimum absolute atomic E-state index is 0.225. The van der Waals surface area contributed by atoms with Crippen LogP contribution in [0, 0.1) is 5.92 Å². The highest BCUT2D eigenvalue weighted by Gasteiger charge is 2.30. The summed E-state index contributed by atoms with van der Waals surface area (Å²) in [4.78, 5) is 24.4. The van der Waals surface area contributed by atoms with E-state index >= 15 is 0 Å². The monoisotopic (exact) mass is 262 g/mol. The molecule has 0 radical (unpaired) electrons. The lowest BCUT2D eigenvalue weighted by molar-refractivity contribution is -0.141. The van der Waals surface area contributed by atoms with Crippen molar-refractivity contribution in [1.82, 2.24) is 4.90 Å². The third-order valence-electron chi connectivity index (χ3n) is 3.41. The van der Waals surface area contributed by atoms with E-state index in [0.717, 1.165) is 17.7 Å². The molecule has 2 N–H and O–H groups in total. The second-order valence-corrected chi connectivity index (χ2v) is 4.75. The number of rotatable bonds is 3. The fourth-order valence-corrected chi connectivity index (χ4v) is 2.22. The number of aliphatic carboxylic acids is 1. The van der Waals surface area contributed by atoms with Crippen molar-refractivity contribution in [3.63, 3.8) is 0 Å². The average Bonchev–Trinajstić information content (AvgIpc) is 2.89. The second kappa shape index (κ2) is 5.73. The van der Waals surface area contributed by atoms with E-state index in [1.54, 1.807) is 4.90 Å². The SMILES string of the molecule is CCc1cccc(NC(=O)N2CCC(C(=O)O)C2)c1. The Morgan fingerprint density at radius 2 is 2.26 bits per heavy atom. The number of hydrogen-bond acceptors (Lipinski definition) is 2. The molecule has 1 saturated heterocycles. The summed E-state index contributed by atoms with van der Waals surface area (Å²) in [5.74, 6) is -1.27. The van der Waals surface area contributed by atoms with Crippen LogP contribution in [0.2, 0.25) is 0 Å². The summed E-state index contributed by atoms with van der Waals surface area (Å²) < 4.78 is 0. The van der Waals surface area contributed by atoms with Gasteiger partial charge < -0.3 is 15.3 Å². The number of hydrogen-bond donors (Lipinski definition) is 2. The van der Waals surface area contributed by atoms with Gasteiger partial charge >= 0.3 is 12.0 Å². The van der Waals surface area contributed by atoms with Crippen molar-refractivity contribution in [3.8, 4) is 0 Å². The van der Waals surface area contributed by atoms with Crippen LogP contribution in [0.1, 0.15) is 18.9 Å². The van der Waals surface area contributed by atoms with E-state index in [-0.39, 0.29) is 12.6 Å². The highest BCUT2D eigenvalue weighted by atomic mass is 16.4. The first-order valence-corrected chi connectivity index (χ1v) is 6.48. The van der Waals surface area contributed by atoms with Crippen molar-refractivity contribution in [2.45, 2.75) is 19.8 Å². The van der Waals surface area contributed by atoms with Gasteiger partial charge in [-0.3, -0.25) is 4.79 Å². The number of carboxylic acid groups (broad SMARTS) is 1. The molecule has 1 aromatic rings.